The van der Waals surface area contributed by atoms with Gasteiger partial charge in [0.25, 0.3) is 0 Å². The summed E-state index contributed by atoms with van der Waals surface area (Å²) in [6, 6.07) is 3.89. The van der Waals surface area contributed by atoms with Crippen LogP contribution in [0.1, 0.15) is 12.5 Å². The fourth-order valence-electron chi connectivity index (χ4n) is 1.64. The van der Waals surface area contributed by atoms with Gasteiger partial charge < -0.3 is 24.6 Å². The molecule has 0 amide bonds. The van der Waals surface area contributed by atoms with Crippen molar-refractivity contribution in [2.75, 3.05) is 20.5 Å². The summed E-state index contributed by atoms with van der Waals surface area (Å²) in [6.07, 6.45) is 0. The molecule has 1 aliphatic rings. The molecule has 17 heavy (non-hydrogen) atoms. The number of ether oxygens (including phenoxy) is 3. The van der Waals surface area contributed by atoms with E-state index in [2.05, 4.69) is 5.32 Å². The SMILES string of the molecule is COc1cc(CNC(C)CO)cc2c1OCO2. The fourth-order valence-corrected chi connectivity index (χ4v) is 1.64. The second-order valence-electron chi connectivity index (χ2n) is 4.00. The molecule has 5 heteroatoms. The molecule has 94 valence electrons. The molecule has 0 aromatic heterocycles. The lowest BCUT2D eigenvalue weighted by Gasteiger charge is -2.12. The molecule has 0 radical (unpaired) electrons. The van der Waals surface area contributed by atoms with Crippen molar-refractivity contribution in [1.29, 1.82) is 0 Å². The fraction of sp³-hybridized carbons (Fsp3) is 0.500. The van der Waals surface area contributed by atoms with Crippen LogP contribution in [0.2, 0.25) is 0 Å². The second-order valence-corrected chi connectivity index (χ2v) is 4.00. The molecule has 0 spiro atoms. The van der Waals surface area contributed by atoms with Gasteiger partial charge in [-0.1, -0.05) is 0 Å². The van der Waals surface area contributed by atoms with Crippen molar-refractivity contribution in [1.82, 2.24) is 5.32 Å². The Balaban J connectivity index is 2.13. The summed E-state index contributed by atoms with van der Waals surface area (Å²) in [5.41, 5.74) is 1.03. The van der Waals surface area contributed by atoms with Crippen LogP contribution in [0.4, 0.5) is 0 Å². The highest BCUT2D eigenvalue weighted by molar-refractivity contribution is 5.55. The summed E-state index contributed by atoms with van der Waals surface area (Å²) in [6.45, 7) is 2.91. The summed E-state index contributed by atoms with van der Waals surface area (Å²) in [4.78, 5) is 0. The molecular weight excluding hydrogens is 222 g/mol. The number of fused-ring (bicyclic) bond motifs is 1. The molecule has 1 aromatic rings. The number of rotatable bonds is 5. The van der Waals surface area contributed by atoms with Gasteiger partial charge in [0.05, 0.1) is 13.7 Å². The molecule has 1 heterocycles. The van der Waals surface area contributed by atoms with E-state index in [-0.39, 0.29) is 19.4 Å². The van der Waals surface area contributed by atoms with E-state index in [1.54, 1.807) is 7.11 Å². The molecule has 2 N–H and O–H groups in total. The van der Waals surface area contributed by atoms with Crippen LogP contribution in [0.25, 0.3) is 0 Å². The van der Waals surface area contributed by atoms with Gasteiger partial charge in [0, 0.05) is 12.6 Å². The largest absolute Gasteiger partial charge is 0.493 e. The lowest BCUT2D eigenvalue weighted by atomic mass is 10.1. The highest BCUT2D eigenvalue weighted by Crippen LogP contribution is 2.41. The Morgan fingerprint density at radius 1 is 1.47 bits per heavy atom. The Morgan fingerprint density at radius 3 is 3.00 bits per heavy atom. The van der Waals surface area contributed by atoms with Crippen LogP contribution in [0.15, 0.2) is 12.1 Å². The summed E-state index contributed by atoms with van der Waals surface area (Å²) in [7, 11) is 1.60. The highest BCUT2D eigenvalue weighted by Gasteiger charge is 2.19. The van der Waals surface area contributed by atoms with Gasteiger partial charge in [-0.3, -0.25) is 0 Å². The molecule has 1 unspecified atom stereocenters. The second kappa shape index (κ2) is 5.25. The van der Waals surface area contributed by atoms with Crippen molar-refractivity contribution >= 4 is 0 Å². The van der Waals surface area contributed by atoms with Crippen LogP contribution in [-0.4, -0.2) is 31.7 Å². The number of nitrogens with one attached hydrogen (secondary N) is 1. The standard InChI is InChI=1S/C12H17NO4/c1-8(6-14)13-5-9-3-10(15-2)12-11(4-9)16-7-17-12/h3-4,8,13-14H,5-7H2,1-2H3. The normalized spacial score (nSPS) is 14.8. The summed E-state index contributed by atoms with van der Waals surface area (Å²) < 4.78 is 15.9. The quantitative estimate of drug-likeness (QED) is 0.799. The van der Waals surface area contributed by atoms with Gasteiger partial charge >= 0.3 is 0 Å². The van der Waals surface area contributed by atoms with Crippen LogP contribution < -0.4 is 19.5 Å². The van der Waals surface area contributed by atoms with E-state index in [1.807, 2.05) is 19.1 Å². The average molecular weight is 239 g/mol. The smallest absolute Gasteiger partial charge is 0.231 e. The van der Waals surface area contributed by atoms with E-state index in [4.69, 9.17) is 19.3 Å². The predicted octanol–water partition coefficient (Wildman–Crippen LogP) is 0.894. The molecule has 0 saturated carbocycles. The zero-order valence-corrected chi connectivity index (χ0v) is 10.0. The first kappa shape index (κ1) is 12.0. The molecule has 0 aliphatic carbocycles. The maximum Gasteiger partial charge on any atom is 0.231 e. The summed E-state index contributed by atoms with van der Waals surface area (Å²) in [5, 5.41) is 12.1. The van der Waals surface area contributed by atoms with Crippen molar-refractivity contribution in [3.63, 3.8) is 0 Å². The minimum atomic E-state index is 0.0615. The minimum absolute atomic E-state index is 0.0615. The van der Waals surface area contributed by atoms with E-state index in [0.717, 1.165) is 5.56 Å². The van der Waals surface area contributed by atoms with E-state index < -0.39 is 0 Å². The van der Waals surface area contributed by atoms with Crippen molar-refractivity contribution in [2.24, 2.45) is 0 Å². The van der Waals surface area contributed by atoms with Crippen LogP contribution >= 0.6 is 0 Å². The van der Waals surface area contributed by atoms with Gasteiger partial charge in [-0.25, -0.2) is 0 Å². The van der Waals surface area contributed by atoms with Gasteiger partial charge in [0.2, 0.25) is 12.5 Å². The molecule has 2 rings (SSSR count). The lowest BCUT2D eigenvalue weighted by molar-refractivity contribution is 0.171. The van der Waals surface area contributed by atoms with Crippen LogP contribution in [-0.2, 0) is 6.54 Å². The topological polar surface area (TPSA) is 60.0 Å². The third kappa shape index (κ3) is 2.62. The Bertz CT molecular complexity index is 394. The third-order valence-corrected chi connectivity index (χ3v) is 2.65. The van der Waals surface area contributed by atoms with E-state index >= 15 is 0 Å². The number of hydrogen-bond donors (Lipinski definition) is 2. The minimum Gasteiger partial charge on any atom is -0.493 e. The Kier molecular flexibility index (Phi) is 3.71. The first-order chi connectivity index (χ1) is 8.24. The first-order valence-electron chi connectivity index (χ1n) is 5.55. The Hall–Kier alpha value is -1.46. The number of methoxy groups -OCH3 is 1. The molecular formula is C12H17NO4. The average Bonchev–Trinajstić information content (AvgIpc) is 2.82. The third-order valence-electron chi connectivity index (χ3n) is 2.65. The number of aliphatic hydroxyl groups is 1. The number of aliphatic hydroxyl groups excluding tert-OH is 1. The van der Waals surface area contributed by atoms with Gasteiger partial charge in [0.1, 0.15) is 0 Å². The maximum atomic E-state index is 8.94. The maximum absolute atomic E-state index is 8.94. The summed E-state index contributed by atoms with van der Waals surface area (Å²) in [5.74, 6) is 2.04. The van der Waals surface area contributed by atoms with E-state index in [0.29, 0.717) is 23.8 Å². The summed E-state index contributed by atoms with van der Waals surface area (Å²) >= 11 is 0. The van der Waals surface area contributed by atoms with Crippen molar-refractivity contribution < 1.29 is 19.3 Å². The van der Waals surface area contributed by atoms with Gasteiger partial charge in [-0.15, -0.1) is 0 Å². The zero-order chi connectivity index (χ0) is 12.3. The monoisotopic (exact) mass is 239 g/mol. The van der Waals surface area contributed by atoms with Crippen LogP contribution in [0.3, 0.4) is 0 Å². The van der Waals surface area contributed by atoms with Gasteiger partial charge in [-0.2, -0.15) is 0 Å². The van der Waals surface area contributed by atoms with Crippen molar-refractivity contribution in [2.45, 2.75) is 19.5 Å². The zero-order valence-electron chi connectivity index (χ0n) is 10.0. The Labute approximate surface area is 100 Å². The number of hydrogen-bond acceptors (Lipinski definition) is 5. The first-order valence-corrected chi connectivity index (χ1v) is 5.55. The molecule has 0 bridgehead atoms. The molecule has 1 aliphatic heterocycles. The van der Waals surface area contributed by atoms with Crippen molar-refractivity contribution in [3.05, 3.63) is 17.7 Å². The predicted molar refractivity (Wildman–Crippen MR) is 62.5 cm³/mol. The van der Waals surface area contributed by atoms with Crippen LogP contribution in [0.5, 0.6) is 17.2 Å². The van der Waals surface area contributed by atoms with E-state index in [1.165, 1.54) is 0 Å². The molecule has 0 fully saturated rings. The van der Waals surface area contributed by atoms with E-state index in [9.17, 15) is 0 Å². The lowest BCUT2D eigenvalue weighted by Crippen LogP contribution is -2.28. The molecule has 1 aromatic carbocycles. The van der Waals surface area contributed by atoms with Crippen molar-refractivity contribution in [3.8, 4) is 17.2 Å². The van der Waals surface area contributed by atoms with Gasteiger partial charge in [-0.05, 0) is 24.6 Å². The number of benzene rings is 1. The highest BCUT2D eigenvalue weighted by atomic mass is 16.7. The Morgan fingerprint density at radius 2 is 2.29 bits per heavy atom. The molecule has 1 atom stereocenters. The van der Waals surface area contributed by atoms with Crippen LogP contribution in [0, 0.1) is 0 Å². The molecule has 5 nitrogen and oxygen atoms in total. The molecule has 0 saturated heterocycles. The van der Waals surface area contributed by atoms with Gasteiger partial charge in [0.15, 0.2) is 11.5 Å².